The van der Waals surface area contributed by atoms with Crippen LogP contribution in [0.2, 0.25) is 0 Å². The Kier molecular flexibility index (Phi) is 12.7. The Morgan fingerprint density at radius 3 is 1.33 bits per heavy atom. The van der Waals surface area contributed by atoms with Gasteiger partial charge in [-0.25, -0.2) is 19.2 Å². The van der Waals surface area contributed by atoms with Gasteiger partial charge in [0.15, 0.2) is 23.7 Å². The number of carbonyl (C=O) groups excluding carboxylic acids is 4. The molecular formula is C41H35O11PS. The van der Waals surface area contributed by atoms with Gasteiger partial charge < -0.3 is 28.2 Å². The summed E-state index contributed by atoms with van der Waals surface area (Å²) in [6.07, 6.45) is -6.02. The van der Waals surface area contributed by atoms with Gasteiger partial charge in [-0.3, -0.25) is 4.57 Å². The van der Waals surface area contributed by atoms with Gasteiger partial charge in [-0.15, -0.1) is 0 Å². The molecule has 0 spiro atoms. The van der Waals surface area contributed by atoms with Crippen LogP contribution in [0.5, 0.6) is 0 Å². The summed E-state index contributed by atoms with van der Waals surface area (Å²) >= 11 is 0.706. The maximum Gasteiger partial charge on any atom is 0.338 e. The lowest BCUT2D eigenvalue weighted by Gasteiger charge is -2.44. The van der Waals surface area contributed by atoms with Gasteiger partial charge >= 0.3 is 23.9 Å². The second-order valence-corrected chi connectivity index (χ2v) is 16.5. The van der Waals surface area contributed by atoms with E-state index in [1.165, 1.54) is 43.5 Å². The summed E-state index contributed by atoms with van der Waals surface area (Å²) in [4.78, 5) is 54.5. The van der Waals surface area contributed by atoms with E-state index in [4.69, 9.17) is 28.2 Å². The Balaban J connectivity index is 1.45. The number of esters is 4. The molecule has 6 atom stereocenters. The van der Waals surface area contributed by atoms with Crippen molar-refractivity contribution in [3.63, 3.8) is 0 Å². The van der Waals surface area contributed by atoms with Crippen molar-refractivity contribution >= 4 is 47.1 Å². The van der Waals surface area contributed by atoms with E-state index in [-0.39, 0.29) is 22.3 Å². The third-order valence-electron chi connectivity index (χ3n) is 8.29. The van der Waals surface area contributed by atoms with Crippen molar-refractivity contribution in [3.05, 3.63) is 174 Å². The van der Waals surface area contributed by atoms with Gasteiger partial charge in [-0.1, -0.05) is 91.0 Å². The standard InChI is InChI=1S/C41H35O11PS/c1-47-53(46,32-25-15-6-16-26-32)54-41-36(52-40(45)31-23-13-5-14-24-31)35(51-39(44)30-21-11-4-12-22-30)34(50-38(43)29-19-9-3-10-20-29)33(49-41)27-48-37(42)28-17-7-2-8-18-28/h2-26,33-36,41H,27H2,1H3/t33-,34-,35+,36-,41+,53?/m1/s1. The molecule has 1 unspecified atom stereocenters. The smallest absolute Gasteiger partial charge is 0.338 e. The molecule has 0 amide bonds. The molecule has 1 fully saturated rings. The molecule has 1 heterocycles. The van der Waals surface area contributed by atoms with Crippen LogP contribution < -0.4 is 5.30 Å². The first-order valence-electron chi connectivity index (χ1n) is 16.8. The van der Waals surface area contributed by atoms with Crippen LogP contribution >= 0.6 is 18.0 Å². The van der Waals surface area contributed by atoms with E-state index in [0.717, 1.165) is 0 Å². The van der Waals surface area contributed by atoms with Gasteiger partial charge in [0.1, 0.15) is 12.7 Å². The van der Waals surface area contributed by atoms with Gasteiger partial charge in [0.2, 0.25) is 0 Å². The highest BCUT2D eigenvalue weighted by Gasteiger charge is 2.55. The Morgan fingerprint density at radius 1 is 0.537 bits per heavy atom. The van der Waals surface area contributed by atoms with Crippen molar-refractivity contribution in [1.82, 2.24) is 0 Å². The van der Waals surface area contributed by atoms with Crippen LogP contribution in [0, 0.1) is 0 Å². The number of hydrogen-bond acceptors (Lipinski definition) is 12. The summed E-state index contributed by atoms with van der Waals surface area (Å²) in [5.74, 6) is -3.20. The number of hydrogen-bond donors (Lipinski definition) is 0. The minimum atomic E-state index is -3.86. The van der Waals surface area contributed by atoms with Crippen LogP contribution in [0.4, 0.5) is 0 Å². The van der Waals surface area contributed by atoms with E-state index in [2.05, 4.69) is 0 Å². The largest absolute Gasteiger partial charge is 0.459 e. The Bertz CT molecular complexity index is 2070. The molecular weight excluding hydrogens is 731 g/mol. The van der Waals surface area contributed by atoms with Gasteiger partial charge in [-0.2, -0.15) is 0 Å². The first kappa shape index (κ1) is 38.2. The molecule has 0 radical (unpaired) electrons. The van der Waals surface area contributed by atoms with Crippen molar-refractivity contribution < 1.29 is 52.0 Å². The summed E-state index contributed by atoms with van der Waals surface area (Å²) in [6.45, 7) is -4.37. The lowest BCUT2D eigenvalue weighted by atomic mass is 9.98. The molecule has 0 aliphatic carbocycles. The zero-order chi connectivity index (χ0) is 37.9. The zero-order valence-electron chi connectivity index (χ0n) is 28.9. The minimum absolute atomic E-state index is 0.147. The molecule has 1 saturated heterocycles. The van der Waals surface area contributed by atoms with Crippen LogP contribution in [0.1, 0.15) is 41.4 Å². The van der Waals surface area contributed by atoms with Crippen LogP contribution in [-0.4, -0.2) is 67.4 Å². The van der Waals surface area contributed by atoms with Crippen LogP contribution in [0.25, 0.3) is 0 Å². The lowest BCUT2D eigenvalue weighted by Crippen LogP contribution is -2.61. The molecule has 6 rings (SSSR count). The molecule has 0 aromatic heterocycles. The van der Waals surface area contributed by atoms with E-state index >= 15 is 0 Å². The normalized spacial score (nSPS) is 20.4. The van der Waals surface area contributed by atoms with Crippen LogP contribution in [0.15, 0.2) is 152 Å². The molecule has 0 N–H and O–H groups in total. The summed E-state index contributed by atoms with van der Waals surface area (Å²) in [5, 5.41) is 0.316. The Morgan fingerprint density at radius 2 is 0.907 bits per heavy atom. The average molecular weight is 767 g/mol. The predicted molar refractivity (Wildman–Crippen MR) is 201 cm³/mol. The third kappa shape index (κ3) is 9.34. The summed E-state index contributed by atoms with van der Waals surface area (Å²) in [7, 11) is 1.27. The number of rotatable bonds is 13. The molecule has 54 heavy (non-hydrogen) atoms. The Labute approximate surface area is 315 Å². The van der Waals surface area contributed by atoms with Gasteiger partial charge in [0.25, 0.3) is 6.57 Å². The quantitative estimate of drug-likeness (QED) is 0.0683. The monoisotopic (exact) mass is 766 g/mol. The fourth-order valence-corrected chi connectivity index (χ4v) is 9.64. The maximum absolute atomic E-state index is 14.5. The predicted octanol–water partition coefficient (Wildman–Crippen LogP) is 7.14. The van der Waals surface area contributed by atoms with Crippen LogP contribution in [-0.2, 0) is 32.8 Å². The van der Waals surface area contributed by atoms with E-state index in [1.54, 1.807) is 115 Å². The molecule has 5 aromatic rings. The Hall–Kier alpha value is -5.52. The topological polar surface area (TPSA) is 141 Å². The molecule has 0 saturated carbocycles. The van der Waals surface area contributed by atoms with Crippen molar-refractivity contribution in [2.75, 3.05) is 13.7 Å². The highest BCUT2D eigenvalue weighted by Crippen LogP contribution is 2.61. The minimum Gasteiger partial charge on any atom is -0.459 e. The highest BCUT2D eigenvalue weighted by molar-refractivity contribution is 8.59. The number of ether oxygens (including phenoxy) is 5. The molecule has 13 heteroatoms. The second kappa shape index (κ2) is 18.0. The molecule has 0 bridgehead atoms. The van der Waals surface area contributed by atoms with Gasteiger partial charge in [0, 0.05) is 12.4 Å². The van der Waals surface area contributed by atoms with E-state index in [0.29, 0.717) is 16.7 Å². The maximum atomic E-state index is 14.5. The SMILES string of the molecule is COP(=O)(S[C@@H]1O[C@H](COC(=O)c2ccccc2)[C@@H](OC(=O)c2ccccc2)[C@H](OC(=O)c2ccccc2)[C@H]1OC(=O)c1ccccc1)c1ccccc1. The molecule has 11 nitrogen and oxygen atoms in total. The van der Waals surface area contributed by atoms with Gasteiger partial charge in [0.05, 0.1) is 22.3 Å². The van der Waals surface area contributed by atoms with Crippen molar-refractivity contribution in [2.24, 2.45) is 0 Å². The lowest BCUT2D eigenvalue weighted by molar-refractivity contribution is -0.207. The second-order valence-electron chi connectivity index (χ2n) is 11.8. The van der Waals surface area contributed by atoms with E-state index in [1.807, 2.05) is 0 Å². The summed E-state index contributed by atoms with van der Waals surface area (Å²) in [6, 6.07) is 40.7. The molecule has 1 aliphatic heterocycles. The molecule has 5 aromatic carbocycles. The number of carbonyl (C=O) groups is 4. The first-order valence-corrected chi connectivity index (χ1v) is 19.9. The van der Waals surface area contributed by atoms with Crippen LogP contribution in [0.3, 0.4) is 0 Å². The number of benzene rings is 5. The summed E-state index contributed by atoms with van der Waals surface area (Å²) < 4.78 is 50.6. The first-order chi connectivity index (χ1) is 26.3. The van der Waals surface area contributed by atoms with E-state index in [9.17, 15) is 23.7 Å². The van der Waals surface area contributed by atoms with Gasteiger partial charge in [-0.05, 0) is 72.0 Å². The molecule has 1 aliphatic rings. The zero-order valence-corrected chi connectivity index (χ0v) is 30.6. The summed E-state index contributed by atoms with van der Waals surface area (Å²) in [5.41, 5.74) is -0.693. The fraction of sp³-hybridized carbons (Fsp3) is 0.171. The molecule has 276 valence electrons. The fourth-order valence-electron chi connectivity index (χ4n) is 5.57. The highest BCUT2D eigenvalue weighted by atomic mass is 32.7. The van der Waals surface area contributed by atoms with Crippen molar-refractivity contribution in [1.29, 1.82) is 0 Å². The average Bonchev–Trinajstić information content (AvgIpc) is 3.23. The van der Waals surface area contributed by atoms with Crippen molar-refractivity contribution in [3.8, 4) is 0 Å². The van der Waals surface area contributed by atoms with E-state index < -0.39 is 66.9 Å². The third-order valence-corrected chi connectivity index (χ3v) is 13.1. The van der Waals surface area contributed by atoms with Crippen molar-refractivity contribution in [2.45, 2.75) is 29.9 Å².